The molecule has 1 amide bonds. The van der Waals surface area contributed by atoms with Crippen LogP contribution in [0.15, 0.2) is 6.07 Å². The van der Waals surface area contributed by atoms with E-state index < -0.39 is 0 Å². The molecule has 0 bridgehead atoms. The van der Waals surface area contributed by atoms with Crippen LogP contribution in [-0.4, -0.2) is 29.3 Å². The van der Waals surface area contributed by atoms with Gasteiger partial charge in [-0.2, -0.15) is 0 Å². The maximum absolute atomic E-state index is 12.5. The van der Waals surface area contributed by atoms with Gasteiger partial charge in [-0.25, -0.2) is 0 Å². The monoisotopic (exact) mass is 283 g/mol. The first-order valence-corrected chi connectivity index (χ1v) is 7.95. The number of carbonyl (C=O) groups is 1. The van der Waals surface area contributed by atoms with Crippen molar-refractivity contribution in [3.05, 3.63) is 21.4 Å². The van der Waals surface area contributed by atoms with E-state index in [0.717, 1.165) is 37.2 Å². The Kier molecular flexibility index (Phi) is 3.37. The summed E-state index contributed by atoms with van der Waals surface area (Å²) in [6.07, 6.45) is 4.48. The summed E-state index contributed by atoms with van der Waals surface area (Å²) in [7, 11) is 0. The van der Waals surface area contributed by atoms with Crippen LogP contribution >= 0.6 is 22.9 Å². The first-order valence-electron chi connectivity index (χ1n) is 6.70. The number of piperidine rings is 1. The molecular formula is C14H18ClNOS. The third kappa shape index (κ3) is 2.19. The van der Waals surface area contributed by atoms with Gasteiger partial charge in [0.2, 0.25) is 0 Å². The summed E-state index contributed by atoms with van der Waals surface area (Å²) in [5, 5.41) is 0.224. The number of nitrogens with zero attached hydrogens (tertiary/aromatic N) is 1. The zero-order chi connectivity index (χ0) is 12.7. The highest BCUT2D eigenvalue weighted by molar-refractivity contribution is 7.14. The number of carbonyl (C=O) groups excluding carboxylic acids is 1. The minimum absolute atomic E-state index is 0.213. The van der Waals surface area contributed by atoms with E-state index in [1.807, 2.05) is 4.90 Å². The molecule has 98 valence electrons. The van der Waals surface area contributed by atoms with E-state index in [2.05, 4.69) is 13.0 Å². The minimum atomic E-state index is 0.213. The number of rotatable bonds is 1. The molecule has 1 saturated heterocycles. The van der Waals surface area contributed by atoms with Crippen LogP contribution in [0.1, 0.15) is 39.9 Å². The van der Waals surface area contributed by atoms with E-state index in [0.29, 0.717) is 5.92 Å². The molecule has 0 N–H and O–H groups in total. The molecule has 0 spiro atoms. The number of hydrogen-bond acceptors (Lipinski definition) is 2. The number of likely N-dealkylation sites (tertiary alicyclic amines) is 1. The number of hydrogen-bond donors (Lipinski definition) is 0. The van der Waals surface area contributed by atoms with E-state index in [-0.39, 0.29) is 11.3 Å². The van der Waals surface area contributed by atoms with Gasteiger partial charge >= 0.3 is 0 Å². The van der Waals surface area contributed by atoms with Crippen molar-refractivity contribution in [2.45, 2.75) is 38.0 Å². The number of halogens is 1. The van der Waals surface area contributed by atoms with Crippen molar-refractivity contribution in [1.82, 2.24) is 4.90 Å². The van der Waals surface area contributed by atoms with Crippen molar-refractivity contribution in [1.29, 1.82) is 0 Å². The minimum Gasteiger partial charge on any atom is -0.338 e. The molecule has 3 rings (SSSR count). The summed E-state index contributed by atoms with van der Waals surface area (Å²) in [5.74, 6) is 0.612. The predicted octanol–water partition coefficient (Wildman–Crippen LogP) is 3.33. The topological polar surface area (TPSA) is 20.3 Å². The molecule has 0 aromatic carbocycles. The number of amides is 1. The van der Waals surface area contributed by atoms with Gasteiger partial charge in [-0.05, 0) is 43.2 Å². The largest absolute Gasteiger partial charge is 0.338 e. The van der Waals surface area contributed by atoms with Gasteiger partial charge in [0.05, 0.1) is 4.88 Å². The van der Waals surface area contributed by atoms with Crippen LogP contribution in [0.25, 0.3) is 0 Å². The molecule has 0 saturated carbocycles. The summed E-state index contributed by atoms with van der Waals surface area (Å²) < 4.78 is 0. The van der Waals surface area contributed by atoms with Gasteiger partial charge in [-0.1, -0.05) is 6.92 Å². The van der Waals surface area contributed by atoms with E-state index in [1.165, 1.54) is 16.9 Å². The Hall–Kier alpha value is -0.540. The number of aryl methyl sites for hydroxylation is 2. The van der Waals surface area contributed by atoms with Crippen molar-refractivity contribution >= 4 is 28.8 Å². The quantitative estimate of drug-likeness (QED) is 0.724. The van der Waals surface area contributed by atoms with Gasteiger partial charge in [-0.3, -0.25) is 4.79 Å². The molecule has 2 atom stereocenters. The summed E-state index contributed by atoms with van der Waals surface area (Å²) in [6, 6.07) is 2.12. The Labute approximate surface area is 117 Å². The highest BCUT2D eigenvalue weighted by atomic mass is 35.5. The Bertz CT molecular complexity index is 449. The average Bonchev–Trinajstić information content (AvgIpc) is 2.92. The first-order chi connectivity index (χ1) is 8.65. The van der Waals surface area contributed by atoms with Crippen molar-refractivity contribution < 1.29 is 4.79 Å². The van der Waals surface area contributed by atoms with Crippen LogP contribution in [0.3, 0.4) is 0 Å². The summed E-state index contributed by atoms with van der Waals surface area (Å²) in [4.78, 5) is 16.8. The molecule has 2 nitrogen and oxygen atoms in total. The van der Waals surface area contributed by atoms with E-state index in [9.17, 15) is 4.79 Å². The molecule has 1 aromatic rings. The fourth-order valence-corrected chi connectivity index (χ4v) is 4.29. The Balaban J connectivity index is 1.74. The SMILES string of the molecule is CC1CN(C(=O)c2cc3c(s2)CCC3)CCC1Cl. The Morgan fingerprint density at radius 1 is 1.50 bits per heavy atom. The van der Waals surface area contributed by atoms with Crippen LogP contribution in [-0.2, 0) is 12.8 Å². The molecular weight excluding hydrogens is 266 g/mol. The van der Waals surface area contributed by atoms with Gasteiger partial charge in [0.1, 0.15) is 0 Å². The second-order valence-corrected chi connectivity index (χ2v) is 7.14. The normalized spacial score (nSPS) is 27.3. The molecule has 1 aromatic heterocycles. The van der Waals surface area contributed by atoms with E-state index >= 15 is 0 Å². The van der Waals surface area contributed by atoms with Gasteiger partial charge in [0.15, 0.2) is 0 Å². The fraction of sp³-hybridized carbons (Fsp3) is 0.643. The van der Waals surface area contributed by atoms with Crippen LogP contribution < -0.4 is 0 Å². The Morgan fingerprint density at radius 2 is 2.33 bits per heavy atom. The van der Waals surface area contributed by atoms with Crippen LogP contribution in [0.2, 0.25) is 0 Å². The zero-order valence-corrected chi connectivity index (χ0v) is 12.2. The zero-order valence-electron chi connectivity index (χ0n) is 10.6. The number of alkyl halides is 1. The molecule has 18 heavy (non-hydrogen) atoms. The number of thiophene rings is 1. The first kappa shape index (κ1) is 12.5. The third-order valence-corrected chi connectivity index (χ3v) is 5.92. The molecule has 1 aliphatic carbocycles. The molecule has 4 heteroatoms. The van der Waals surface area contributed by atoms with Gasteiger partial charge in [-0.15, -0.1) is 22.9 Å². The molecule has 1 aliphatic heterocycles. The van der Waals surface area contributed by atoms with Crippen LogP contribution in [0.5, 0.6) is 0 Å². The molecule has 2 aliphatic rings. The van der Waals surface area contributed by atoms with E-state index in [4.69, 9.17) is 11.6 Å². The lowest BCUT2D eigenvalue weighted by Crippen LogP contribution is -2.43. The van der Waals surface area contributed by atoms with Gasteiger partial charge in [0.25, 0.3) is 5.91 Å². The summed E-state index contributed by atoms with van der Waals surface area (Å²) in [6.45, 7) is 3.74. The fourth-order valence-electron chi connectivity index (χ4n) is 2.89. The summed E-state index contributed by atoms with van der Waals surface area (Å²) >= 11 is 7.91. The molecule has 2 heterocycles. The molecule has 1 fully saturated rings. The van der Waals surface area contributed by atoms with Gasteiger partial charge in [0, 0.05) is 23.3 Å². The van der Waals surface area contributed by atoms with Crippen molar-refractivity contribution in [3.8, 4) is 0 Å². The molecule has 0 radical (unpaired) electrons. The van der Waals surface area contributed by atoms with Crippen LogP contribution in [0, 0.1) is 5.92 Å². The van der Waals surface area contributed by atoms with Crippen molar-refractivity contribution in [2.75, 3.05) is 13.1 Å². The predicted molar refractivity (Wildman–Crippen MR) is 75.7 cm³/mol. The van der Waals surface area contributed by atoms with Crippen LogP contribution in [0.4, 0.5) is 0 Å². The maximum atomic E-state index is 12.5. The number of fused-ring (bicyclic) bond motifs is 1. The average molecular weight is 284 g/mol. The lowest BCUT2D eigenvalue weighted by Gasteiger charge is -2.33. The van der Waals surface area contributed by atoms with Crippen molar-refractivity contribution in [3.63, 3.8) is 0 Å². The van der Waals surface area contributed by atoms with E-state index in [1.54, 1.807) is 11.3 Å². The second kappa shape index (κ2) is 4.86. The highest BCUT2D eigenvalue weighted by Crippen LogP contribution is 2.32. The smallest absolute Gasteiger partial charge is 0.263 e. The second-order valence-electron chi connectivity index (χ2n) is 5.45. The maximum Gasteiger partial charge on any atom is 0.263 e. The van der Waals surface area contributed by atoms with Gasteiger partial charge < -0.3 is 4.90 Å². The highest BCUT2D eigenvalue weighted by Gasteiger charge is 2.29. The van der Waals surface area contributed by atoms with Crippen molar-refractivity contribution in [2.24, 2.45) is 5.92 Å². The standard InChI is InChI=1S/C14H18ClNOS/c1-9-8-16(6-5-11(9)15)14(17)13-7-10-3-2-4-12(10)18-13/h7,9,11H,2-6,8H2,1H3. The Morgan fingerprint density at radius 3 is 3.06 bits per heavy atom. The molecule has 2 unspecified atom stereocenters. The summed E-state index contributed by atoms with van der Waals surface area (Å²) in [5.41, 5.74) is 1.41. The lowest BCUT2D eigenvalue weighted by atomic mass is 9.99. The third-order valence-electron chi connectivity index (χ3n) is 4.05. The lowest BCUT2D eigenvalue weighted by molar-refractivity contribution is 0.0692.